The number of hydrogen-bond acceptors (Lipinski definition) is 3. The lowest BCUT2D eigenvalue weighted by Gasteiger charge is -2.27. The molecule has 21 heavy (non-hydrogen) atoms. The molecule has 0 aliphatic heterocycles. The summed E-state index contributed by atoms with van der Waals surface area (Å²) < 4.78 is 17.3. The van der Waals surface area contributed by atoms with Crippen LogP contribution in [0.3, 0.4) is 0 Å². The van der Waals surface area contributed by atoms with Crippen LogP contribution >= 0.6 is 0 Å². The molecule has 0 fully saturated rings. The van der Waals surface area contributed by atoms with E-state index in [1.54, 1.807) is 7.11 Å². The van der Waals surface area contributed by atoms with Gasteiger partial charge in [0.1, 0.15) is 5.75 Å². The molecule has 1 aromatic rings. The smallest absolute Gasteiger partial charge is 0.119 e. The standard InChI is InChI=1S/C17H27NO2S/c1-17(2,3)21(19)11-10-18-16-7-5-6-13-12-14(20-4)8-9-15(13)16/h8-9,12,16,18H,5-7,10-11H2,1-4H3/t16-,21+/m1/s1. The third-order valence-corrected chi connectivity index (χ3v) is 5.97. The van der Waals surface area contributed by atoms with Crippen LogP contribution < -0.4 is 10.1 Å². The minimum absolute atomic E-state index is 0.125. The summed E-state index contributed by atoms with van der Waals surface area (Å²) >= 11 is 0. The quantitative estimate of drug-likeness (QED) is 0.907. The van der Waals surface area contributed by atoms with Crippen molar-refractivity contribution in [3.8, 4) is 5.75 Å². The highest BCUT2D eigenvalue weighted by Gasteiger charge is 2.22. The molecule has 0 aromatic heterocycles. The van der Waals surface area contributed by atoms with Crippen molar-refractivity contribution in [3.63, 3.8) is 0 Å². The molecule has 0 radical (unpaired) electrons. The average Bonchev–Trinajstić information content (AvgIpc) is 2.45. The molecule has 0 bridgehead atoms. The Bertz CT molecular complexity index is 508. The largest absolute Gasteiger partial charge is 0.497 e. The first-order chi connectivity index (χ1) is 9.91. The van der Waals surface area contributed by atoms with Gasteiger partial charge in [-0.3, -0.25) is 4.21 Å². The van der Waals surface area contributed by atoms with Gasteiger partial charge in [0.25, 0.3) is 0 Å². The van der Waals surface area contributed by atoms with Crippen molar-refractivity contribution in [2.75, 3.05) is 19.4 Å². The van der Waals surface area contributed by atoms with E-state index in [1.165, 1.54) is 17.5 Å². The third kappa shape index (κ3) is 4.30. The number of aryl methyl sites for hydroxylation is 1. The van der Waals surface area contributed by atoms with E-state index in [1.807, 2.05) is 26.8 Å². The molecule has 1 aromatic carbocycles. The van der Waals surface area contributed by atoms with E-state index in [-0.39, 0.29) is 4.75 Å². The first kappa shape index (κ1) is 16.5. The van der Waals surface area contributed by atoms with Gasteiger partial charge in [-0.1, -0.05) is 6.07 Å². The lowest BCUT2D eigenvalue weighted by Crippen LogP contribution is -2.32. The maximum atomic E-state index is 12.1. The van der Waals surface area contributed by atoms with Gasteiger partial charge in [0.2, 0.25) is 0 Å². The second-order valence-electron chi connectivity index (χ2n) is 6.63. The topological polar surface area (TPSA) is 38.3 Å². The Morgan fingerprint density at radius 3 is 2.81 bits per heavy atom. The lowest BCUT2D eigenvalue weighted by atomic mass is 9.87. The summed E-state index contributed by atoms with van der Waals surface area (Å²) in [4.78, 5) is 0. The molecule has 1 N–H and O–H groups in total. The molecule has 3 nitrogen and oxygen atoms in total. The Balaban J connectivity index is 1.96. The van der Waals surface area contributed by atoms with E-state index in [9.17, 15) is 4.21 Å². The first-order valence-electron chi connectivity index (χ1n) is 7.70. The SMILES string of the molecule is COc1ccc2c(c1)CCC[C@H]2NCC[S@](=O)C(C)(C)C. The number of nitrogens with one attached hydrogen (secondary N) is 1. The fourth-order valence-electron chi connectivity index (χ4n) is 2.76. The van der Waals surface area contributed by atoms with E-state index in [0.717, 1.165) is 25.1 Å². The molecule has 2 atom stereocenters. The van der Waals surface area contributed by atoms with Gasteiger partial charge in [0.15, 0.2) is 0 Å². The lowest BCUT2D eigenvalue weighted by molar-refractivity contribution is 0.411. The minimum atomic E-state index is -0.787. The molecular weight excluding hydrogens is 282 g/mol. The molecule has 0 amide bonds. The highest BCUT2D eigenvalue weighted by atomic mass is 32.2. The van der Waals surface area contributed by atoms with E-state index in [2.05, 4.69) is 17.4 Å². The Morgan fingerprint density at radius 1 is 1.38 bits per heavy atom. The molecular formula is C17H27NO2S. The summed E-state index contributed by atoms with van der Waals surface area (Å²) in [5.41, 5.74) is 2.76. The zero-order valence-corrected chi connectivity index (χ0v) is 14.4. The average molecular weight is 309 g/mol. The molecule has 2 rings (SSSR count). The van der Waals surface area contributed by atoms with Gasteiger partial charge in [-0.2, -0.15) is 0 Å². The molecule has 0 heterocycles. The highest BCUT2D eigenvalue weighted by Crippen LogP contribution is 2.32. The van der Waals surface area contributed by atoms with Crippen molar-refractivity contribution >= 4 is 10.8 Å². The minimum Gasteiger partial charge on any atom is -0.497 e. The van der Waals surface area contributed by atoms with Gasteiger partial charge in [-0.25, -0.2) is 0 Å². The molecule has 118 valence electrons. The Kier molecular flexibility index (Phi) is 5.44. The molecule has 0 unspecified atom stereocenters. The van der Waals surface area contributed by atoms with Gasteiger partial charge in [-0.15, -0.1) is 0 Å². The second-order valence-corrected chi connectivity index (χ2v) is 8.95. The summed E-state index contributed by atoms with van der Waals surface area (Å²) in [5.74, 6) is 1.65. The van der Waals surface area contributed by atoms with Crippen molar-refractivity contribution in [2.45, 2.75) is 50.8 Å². The zero-order chi connectivity index (χ0) is 15.5. The van der Waals surface area contributed by atoms with Crippen LogP contribution in [0, 0.1) is 0 Å². The van der Waals surface area contributed by atoms with E-state index >= 15 is 0 Å². The van der Waals surface area contributed by atoms with Gasteiger partial charge < -0.3 is 10.1 Å². The van der Waals surface area contributed by atoms with Gasteiger partial charge in [-0.05, 0) is 63.3 Å². The molecule has 0 spiro atoms. The highest BCUT2D eigenvalue weighted by molar-refractivity contribution is 7.86. The van der Waals surface area contributed by atoms with E-state index < -0.39 is 10.8 Å². The normalized spacial score (nSPS) is 19.9. The van der Waals surface area contributed by atoms with Crippen molar-refractivity contribution < 1.29 is 8.95 Å². The summed E-state index contributed by atoms with van der Waals surface area (Å²) in [7, 11) is 0.923. The molecule has 4 heteroatoms. The fourth-order valence-corrected chi connectivity index (χ4v) is 3.68. The number of ether oxygens (including phenoxy) is 1. The van der Waals surface area contributed by atoms with Gasteiger partial charge >= 0.3 is 0 Å². The van der Waals surface area contributed by atoms with Crippen molar-refractivity contribution in [1.82, 2.24) is 5.32 Å². The first-order valence-corrected chi connectivity index (χ1v) is 9.02. The predicted molar refractivity (Wildman–Crippen MR) is 89.4 cm³/mol. The number of rotatable bonds is 5. The van der Waals surface area contributed by atoms with Crippen LogP contribution in [0.5, 0.6) is 5.75 Å². The van der Waals surface area contributed by atoms with Crippen molar-refractivity contribution in [2.24, 2.45) is 0 Å². The fraction of sp³-hybridized carbons (Fsp3) is 0.647. The van der Waals surface area contributed by atoms with Crippen LogP contribution in [-0.4, -0.2) is 28.4 Å². The molecule has 1 aliphatic rings. The monoisotopic (exact) mass is 309 g/mol. The van der Waals surface area contributed by atoms with Gasteiger partial charge in [0.05, 0.1) is 7.11 Å². The summed E-state index contributed by atoms with van der Waals surface area (Å²) in [5, 5.41) is 3.58. The van der Waals surface area contributed by atoms with Crippen molar-refractivity contribution in [3.05, 3.63) is 29.3 Å². The van der Waals surface area contributed by atoms with E-state index in [0.29, 0.717) is 11.8 Å². The molecule has 0 saturated carbocycles. The summed E-state index contributed by atoms with van der Waals surface area (Å²) in [6, 6.07) is 6.74. The Labute approximate surface area is 130 Å². The summed E-state index contributed by atoms with van der Waals surface area (Å²) in [6.45, 7) is 6.90. The van der Waals surface area contributed by atoms with Crippen LogP contribution in [0.25, 0.3) is 0 Å². The summed E-state index contributed by atoms with van der Waals surface area (Å²) in [6.07, 6.45) is 3.47. The van der Waals surface area contributed by atoms with Crippen LogP contribution in [-0.2, 0) is 17.2 Å². The third-order valence-electron chi connectivity index (χ3n) is 4.03. The number of hydrogen-bond donors (Lipinski definition) is 1. The Morgan fingerprint density at radius 2 is 2.14 bits per heavy atom. The maximum Gasteiger partial charge on any atom is 0.119 e. The molecule has 0 saturated heterocycles. The van der Waals surface area contributed by atoms with Gasteiger partial charge in [0, 0.05) is 33.9 Å². The van der Waals surface area contributed by atoms with Crippen molar-refractivity contribution in [1.29, 1.82) is 0 Å². The van der Waals surface area contributed by atoms with Crippen LogP contribution in [0.2, 0.25) is 0 Å². The maximum absolute atomic E-state index is 12.1. The Hall–Kier alpha value is -0.870. The van der Waals surface area contributed by atoms with Crippen LogP contribution in [0.1, 0.15) is 50.8 Å². The zero-order valence-electron chi connectivity index (χ0n) is 13.6. The predicted octanol–water partition coefficient (Wildman–Crippen LogP) is 3.21. The van der Waals surface area contributed by atoms with Crippen LogP contribution in [0.4, 0.5) is 0 Å². The number of methoxy groups -OCH3 is 1. The number of fused-ring (bicyclic) bond motifs is 1. The molecule has 1 aliphatic carbocycles. The second kappa shape index (κ2) is 6.93. The van der Waals surface area contributed by atoms with Crippen LogP contribution in [0.15, 0.2) is 18.2 Å². The number of benzene rings is 1. The van der Waals surface area contributed by atoms with E-state index in [4.69, 9.17) is 4.74 Å².